The zero-order valence-corrected chi connectivity index (χ0v) is 25.4. The van der Waals surface area contributed by atoms with Crippen LogP contribution in [0.2, 0.25) is 0 Å². The number of benzene rings is 3. The third kappa shape index (κ3) is 5.97. The number of rotatable bonds is 9. The molecule has 0 bridgehead atoms. The third-order valence-electron chi connectivity index (χ3n) is 6.67. The van der Waals surface area contributed by atoms with Crippen LogP contribution >= 0.6 is 11.3 Å². The molecule has 222 valence electrons. The van der Waals surface area contributed by atoms with Gasteiger partial charge in [-0.25, -0.2) is 9.79 Å². The molecule has 0 amide bonds. The Kier molecular flexibility index (Phi) is 8.51. The number of carbonyl (C=O) groups excluding carboxylic acids is 1. The summed E-state index contributed by atoms with van der Waals surface area (Å²) in [5.41, 5.74) is 1.62. The van der Waals surface area contributed by atoms with Gasteiger partial charge in [0.2, 0.25) is 0 Å². The number of nitrogens with zero attached hydrogens (tertiary/aromatic N) is 2. The summed E-state index contributed by atoms with van der Waals surface area (Å²) in [5, 5.41) is 0. The normalized spacial score (nSPS) is 15.0. The van der Waals surface area contributed by atoms with Crippen LogP contribution in [0.15, 0.2) is 98.7 Å². The molecule has 1 atom stereocenters. The minimum Gasteiger partial charge on any atom is -0.497 e. The number of fused-ring (bicyclic) bond motifs is 1. The van der Waals surface area contributed by atoms with E-state index in [1.165, 1.54) is 41.2 Å². The van der Waals surface area contributed by atoms with Gasteiger partial charge in [0.15, 0.2) is 16.3 Å². The van der Waals surface area contributed by atoms with Crippen molar-refractivity contribution in [1.82, 2.24) is 4.57 Å². The number of thiazole rings is 1. The highest BCUT2D eigenvalue weighted by Crippen LogP contribution is 2.33. The monoisotopic (exact) mass is 620 g/mol. The molecule has 0 saturated carbocycles. The molecule has 1 aromatic heterocycles. The Morgan fingerprint density at radius 1 is 1.00 bits per heavy atom. The van der Waals surface area contributed by atoms with Gasteiger partial charge in [-0.05, 0) is 67.4 Å². The first-order valence-corrected chi connectivity index (χ1v) is 15.4. The molecule has 0 radical (unpaired) electrons. The van der Waals surface area contributed by atoms with Crippen molar-refractivity contribution in [1.29, 1.82) is 0 Å². The Bertz CT molecular complexity index is 2000. The Morgan fingerprint density at radius 3 is 2.37 bits per heavy atom. The molecule has 5 rings (SSSR count). The predicted molar refractivity (Wildman–Crippen MR) is 161 cm³/mol. The van der Waals surface area contributed by atoms with Gasteiger partial charge in [0, 0.05) is 0 Å². The lowest BCUT2D eigenvalue weighted by Gasteiger charge is -2.24. The van der Waals surface area contributed by atoms with Crippen molar-refractivity contribution in [2.45, 2.75) is 24.8 Å². The lowest BCUT2D eigenvalue weighted by molar-refractivity contribution is -0.139. The van der Waals surface area contributed by atoms with E-state index >= 15 is 0 Å². The predicted octanol–water partition coefficient (Wildman–Crippen LogP) is 3.58. The Morgan fingerprint density at radius 2 is 1.72 bits per heavy atom. The number of hydrogen-bond donors (Lipinski definition) is 0. The third-order valence-corrected chi connectivity index (χ3v) is 8.90. The second kappa shape index (κ2) is 12.3. The Hall–Kier alpha value is -4.68. The lowest BCUT2D eigenvalue weighted by Crippen LogP contribution is -2.39. The van der Waals surface area contributed by atoms with E-state index in [1.807, 2.05) is 0 Å². The summed E-state index contributed by atoms with van der Waals surface area (Å²) in [4.78, 5) is 32.0. The quantitative estimate of drug-likeness (QED) is 0.206. The number of carbonyl (C=O) groups is 1. The molecule has 0 fully saturated rings. The molecule has 43 heavy (non-hydrogen) atoms. The second-order valence-electron chi connectivity index (χ2n) is 9.34. The van der Waals surface area contributed by atoms with E-state index in [-0.39, 0.29) is 34.1 Å². The highest BCUT2D eigenvalue weighted by atomic mass is 32.2. The highest BCUT2D eigenvalue weighted by molar-refractivity contribution is 7.87. The summed E-state index contributed by atoms with van der Waals surface area (Å²) in [6.07, 6.45) is 1.65. The Labute approximate surface area is 251 Å². The largest absolute Gasteiger partial charge is 0.497 e. The van der Waals surface area contributed by atoms with Gasteiger partial charge in [-0.15, -0.1) is 0 Å². The van der Waals surface area contributed by atoms with E-state index in [2.05, 4.69) is 4.99 Å². The van der Waals surface area contributed by atoms with Crippen molar-refractivity contribution in [3.05, 3.63) is 115 Å². The minimum atomic E-state index is -4.09. The van der Waals surface area contributed by atoms with Crippen molar-refractivity contribution in [3.8, 4) is 17.2 Å². The molecule has 1 aliphatic rings. The molecular formula is C31H28N2O8S2. The zero-order chi connectivity index (χ0) is 30.7. The van der Waals surface area contributed by atoms with Crippen molar-refractivity contribution in [2.24, 2.45) is 4.99 Å². The van der Waals surface area contributed by atoms with Crippen LogP contribution in [0.25, 0.3) is 6.08 Å². The van der Waals surface area contributed by atoms with E-state index in [4.69, 9.17) is 18.4 Å². The van der Waals surface area contributed by atoms with Crippen LogP contribution in [0.4, 0.5) is 0 Å². The van der Waals surface area contributed by atoms with E-state index in [9.17, 15) is 18.0 Å². The highest BCUT2D eigenvalue weighted by Gasteiger charge is 2.33. The second-order valence-corrected chi connectivity index (χ2v) is 11.9. The molecule has 2 heterocycles. The molecular weight excluding hydrogens is 592 g/mol. The topological polar surface area (TPSA) is 122 Å². The van der Waals surface area contributed by atoms with Gasteiger partial charge in [0.05, 0.1) is 42.7 Å². The van der Waals surface area contributed by atoms with E-state index in [0.717, 1.165) is 0 Å². The van der Waals surface area contributed by atoms with Crippen LogP contribution in [0.1, 0.15) is 31.0 Å². The molecule has 12 heteroatoms. The van der Waals surface area contributed by atoms with Crippen LogP contribution in [0, 0.1) is 0 Å². The van der Waals surface area contributed by atoms with Crippen molar-refractivity contribution < 1.29 is 31.6 Å². The van der Waals surface area contributed by atoms with Gasteiger partial charge < -0.3 is 18.4 Å². The number of esters is 1. The number of allylic oxidation sites excluding steroid dienone is 1. The maximum absolute atomic E-state index is 13.9. The SMILES string of the molecule is CCOC(=O)C1=C(C)N=c2s/c(=C\c3ccc(OS(=O)(=O)c4ccccc4)c(OC)c3)c(=O)n2[C@@H]1c1ccc(OC)cc1. The average Bonchev–Trinajstić information content (AvgIpc) is 3.31. The van der Waals surface area contributed by atoms with Gasteiger partial charge >= 0.3 is 16.1 Å². The number of ether oxygens (including phenoxy) is 3. The fraction of sp³-hybridized carbons (Fsp3) is 0.194. The van der Waals surface area contributed by atoms with Crippen LogP contribution in [0.5, 0.6) is 17.2 Å². The van der Waals surface area contributed by atoms with Gasteiger partial charge in [0.1, 0.15) is 10.6 Å². The van der Waals surface area contributed by atoms with Crippen LogP contribution < -0.4 is 28.5 Å². The lowest BCUT2D eigenvalue weighted by atomic mass is 9.96. The molecule has 0 spiro atoms. The van der Waals surface area contributed by atoms with Crippen molar-refractivity contribution in [3.63, 3.8) is 0 Å². The molecule has 3 aromatic carbocycles. The Balaban J connectivity index is 1.58. The van der Waals surface area contributed by atoms with E-state index in [0.29, 0.717) is 31.9 Å². The van der Waals surface area contributed by atoms with Gasteiger partial charge in [-0.1, -0.05) is 47.7 Å². The van der Waals surface area contributed by atoms with Crippen molar-refractivity contribution in [2.75, 3.05) is 20.8 Å². The molecule has 0 unspecified atom stereocenters. The van der Waals surface area contributed by atoms with Crippen LogP contribution in [-0.4, -0.2) is 39.8 Å². The van der Waals surface area contributed by atoms with E-state index in [1.54, 1.807) is 81.6 Å². The maximum atomic E-state index is 13.9. The average molecular weight is 621 g/mol. The molecule has 0 aliphatic carbocycles. The first-order valence-electron chi connectivity index (χ1n) is 13.2. The van der Waals surface area contributed by atoms with Crippen molar-refractivity contribution >= 4 is 33.5 Å². The summed E-state index contributed by atoms with van der Waals surface area (Å²) in [5.74, 6) is 0.244. The van der Waals surface area contributed by atoms with Gasteiger partial charge in [-0.2, -0.15) is 8.42 Å². The van der Waals surface area contributed by atoms with E-state index < -0.39 is 22.1 Å². The summed E-state index contributed by atoms with van der Waals surface area (Å²) < 4.78 is 48.7. The van der Waals surface area contributed by atoms with Crippen LogP contribution in [0.3, 0.4) is 0 Å². The summed E-state index contributed by atoms with van der Waals surface area (Å²) in [6.45, 7) is 3.60. The number of hydrogen-bond acceptors (Lipinski definition) is 10. The first-order chi connectivity index (χ1) is 20.7. The zero-order valence-electron chi connectivity index (χ0n) is 23.8. The fourth-order valence-electron chi connectivity index (χ4n) is 4.64. The molecule has 10 nitrogen and oxygen atoms in total. The molecule has 4 aromatic rings. The van der Waals surface area contributed by atoms with Crippen LogP contribution in [-0.2, 0) is 19.6 Å². The maximum Gasteiger partial charge on any atom is 0.339 e. The standard InChI is InChI=1S/C31H28N2O8S2/c1-5-40-30(35)27-19(2)32-31-33(28(27)21-12-14-22(38-3)15-13-21)29(34)26(42-31)18-20-11-16-24(25(17-20)39-4)41-43(36,37)23-9-7-6-8-10-23/h6-18,28H,5H2,1-4H3/b26-18-/t28-/m1/s1. The van der Waals surface area contributed by atoms with Gasteiger partial charge in [0.25, 0.3) is 5.56 Å². The van der Waals surface area contributed by atoms with Gasteiger partial charge in [-0.3, -0.25) is 9.36 Å². The summed E-state index contributed by atoms with van der Waals surface area (Å²) in [7, 11) is -1.14. The number of methoxy groups -OCH3 is 2. The summed E-state index contributed by atoms with van der Waals surface area (Å²) in [6, 6.07) is 18.8. The molecule has 1 aliphatic heterocycles. The molecule has 0 N–H and O–H groups in total. The number of aromatic nitrogens is 1. The first kappa shape index (κ1) is 29.8. The smallest absolute Gasteiger partial charge is 0.339 e. The fourth-order valence-corrected chi connectivity index (χ4v) is 6.65. The summed E-state index contributed by atoms with van der Waals surface area (Å²) >= 11 is 1.17. The molecule has 0 saturated heterocycles. The minimum absolute atomic E-state index is 0.000767.